The predicted molar refractivity (Wildman–Crippen MR) is 68.9 cm³/mol. The van der Waals surface area contributed by atoms with E-state index in [-0.39, 0.29) is 0 Å². The van der Waals surface area contributed by atoms with Crippen molar-refractivity contribution in [3.05, 3.63) is 0 Å². The van der Waals surface area contributed by atoms with Crippen LogP contribution in [0.25, 0.3) is 0 Å². The molecule has 2 saturated carbocycles. The zero-order valence-electron chi connectivity index (χ0n) is 10.9. The summed E-state index contributed by atoms with van der Waals surface area (Å²) in [6, 6.07) is 0. The number of carbonyl (C=O) groups excluding carboxylic acids is 1. The Morgan fingerprint density at radius 1 is 0.882 bits per heavy atom. The quantitative estimate of drug-likeness (QED) is 0.749. The first kappa shape index (κ1) is 11.7. The number of hydrogen-bond donors (Lipinski definition) is 0. The van der Waals surface area contributed by atoms with E-state index in [0.717, 1.165) is 18.4 Å². The maximum atomic E-state index is 12.2. The molecule has 0 radical (unpaired) electrons. The van der Waals surface area contributed by atoms with Gasteiger partial charge in [0.05, 0.1) is 6.54 Å². The van der Waals surface area contributed by atoms with E-state index < -0.39 is 0 Å². The lowest BCUT2D eigenvalue weighted by Gasteiger charge is -2.23. The largest absolute Gasteiger partial charge is 0.298 e. The third kappa shape index (κ3) is 2.57. The summed E-state index contributed by atoms with van der Waals surface area (Å²) < 4.78 is 0. The summed E-state index contributed by atoms with van der Waals surface area (Å²) in [6.45, 7) is 3.18. The van der Waals surface area contributed by atoms with Gasteiger partial charge in [-0.15, -0.1) is 0 Å². The molecule has 2 heteroatoms. The zero-order chi connectivity index (χ0) is 11.7. The highest BCUT2D eigenvalue weighted by Gasteiger charge is 2.37. The summed E-state index contributed by atoms with van der Waals surface area (Å²) in [4.78, 5) is 14.7. The second-order valence-corrected chi connectivity index (χ2v) is 6.45. The zero-order valence-corrected chi connectivity index (χ0v) is 10.9. The van der Waals surface area contributed by atoms with Gasteiger partial charge in [-0.05, 0) is 37.5 Å². The van der Waals surface area contributed by atoms with Crippen LogP contribution in [0.2, 0.25) is 0 Å². The Balaban J connectivity index is 1.48. The topological polar surface area (TPSA) is 20.3 Å². The normalized spacial score (nSPS) is 35.1. The summed E-state index contributed by atoms with van der Waals surface area (Å²) in [6.07, 6.45) is 10.5. The average molecular weight is 235 g/mol. The Labute approximate surface area is 105 Å². The monoisotopic (exact) mass is 235 g/mol. The molecule has 3 fully saturated rings. The van der Waals surface area contributed by atoms with Crippen molar-refractivity contribution in [2.45, 2.75) is 51.4 Å². The molecular weight excluding hydrogens is 210 g/mol. The van der Waals surface area contributed by atoms with Crippen LogP contribution >= 0.6 is 0 Å². The molecule has 2 atom stereocenters. The number of hydrogen-bond acceptors (Lipinski definition) is 2. The highest BCUT2D eigenvalue weighted by atomic mass is 16.1. The van der Waals surface area contributed by atoms with E-state index in [1.807, 2.05) is 0 Å². The molecule has 1 saturated heterocycles. The van der Waals surface area contributed by atoms with Crippen LogP contribution in [-0.4, -0.2) is 30.3 Å². The SMILES string of the molecule is O=C(CN1CC2CCCC2C1)C1CCCCC1. The molecule has 0 spiro atoms. The Morgan fingerprint density at radius 2 is 1.53 bits per heavy atom. The molecule has 2 unspecified atom stereocenters. The highest BCUT2D eigenvalue weighted by molar-refractivity contribution is 5.83. The molecule has 0 aromatic rings. The Bertz CT molecular complexity index is 271. The lowest BCUT2D eigenvalue weighted by atomic mass is 9.86. The smallest absolute Gasteiger partial charge is 0.149 e. The molecular formula is C15H25NO. The molecule has 0 amide bonds. The van der Waals surface area contributed by atoms with Gasteiger partial charge in [0, 0.05) is 19.0 Å². The first-order chi connectivity index (χ1) is 8.33. The Kier molecular flexibility index (Phi) is 3.51. The van der Waals surface area contributed by atoms with Crippen molar-refractivity contribution in [1.29, 1.82) is 0 Å². The van der Waals surface area contributed by atoms with Crippen LogP contribution < -0.4 is 0 Å². The van der Waals surface area contributed by atoms with Gasteiger partial charge in [0.2, 0.25) is 0 Å². The van der Waals surface area contributed by atoms with Crippen molar-refractivity contribution >= 4 is 5.78 Å². The molecule has 0 bridgehead atoms. The molecule has 3 aliphatic rings. The molecule has 1 aliphatic heterocycles. The highest BCUT2D eigenvalue weighted by Crippen LogP contribution is 2.37. The van der Waals surface area contributed by atoms with Crippen LogP contribution in [0.1, 0.15) is 51.4 Å². The molecule has 2 nitrogen and oxygen atoms in total. The number of likely N-dealkylation sites (tertiary alicyclic amines) is 1. The number of rotatable bonds is 3. The summed E-state index contributed by atoms with van der Waals surface area (Å²) in [7, 11) is 0. The minimum Gasteiger partial charge on any atom is -0.298 e. The molecule has 0 aromatic carbocycles. The molecule has 1 heterocycles. The minimum atomic E-state index is 0.407. The van der Waals surface area contributed by atoms with Gasteiger partial charge in [0.25, 0.3) is 0 Å². The van der Waals surface area contributed by atoms with Crippen LogP contribution in [0, 0.1) is 17.8 Å². The van der Waals surface area contributed by atoms with Gasteiger partial charge in [0.1, 0.15) is 5.78 Å². The maximum Gasteiger partial charge on any atom is 0.149 e. The minimum absolute atomic E-state index is 0.407. The van der Waals surface area contributed by atoms with E-state index in [9.17, 15) is 4.79 Å². The maximum absolute atomic E-state index is 12.2. The average Bonchev–Trinajstić information content (AvgIpc) is 2.90. The number of fused-ring (bicyclic) bond motifs is 1. The van der Waals surface area contributed by atoms with E-state index in [2.05, 4.69) is 4.90 Å². The third-order valence-corrected chi connectivity index (χ3v) is 5.24. The molecule has 0 N–H and O–H groups in total. The molecule has 3 rings (SSSR count). The summed E-state index contributed by atoms with van der Waals surface area (Å²) in [5.74, 6) is 2.80. The molecule has 96 valence electrons. The second kappa shape index (κ2) is 5.09. The summed E-state index contributed by atoms with van der Waals surface area (Å²) in [5, 5.41) is 0. The van der Waals surface area contributed by atoms with Gasteiger partial charge >= 0.3 is 0 Å². The van der Waals surface area contributed by atoms with Crippen molar-refractivity contribution < 1.29 is 4.79 Å². The second-order valence-electron chi connectivity index (χ2n) is 6.45. The van der Waals surface area contributed by atoms with Crippen LogP contribution in [0.5, 0.6) is 0 Å². The lowest BCUT2D eigenvalue weighted by Crippen LogP contribution is -2.33. The number of carbonyl (C=O) groups is 1. The van der Waals surface area contributed by atoms with Gasteiger partial charge in [-0.1, -0.05) is 25.7 Å². The number of ketones is 1. The molecule has 17 heavy (non-hydrogen) atoms. The standard InChI is InChI=1S/C15H25NO/c17-15(12-5-2-1-3-6-12)11-16-9-13-7-4-8-14(13)10-16/h12-14H,1-11H2. The van der Waals surface area contributed by atoms with Crippen LogP contribution in [0.3, 0.4) is 0 Å². The third-order valence-electron chi connectivity index (χ3n) is 5.24. The first-order valence-electron chi connectivity index (χ1n) is 7.58. The van der Waals surface area contributed by atoms with Crippen molar-refractivity contribution in [3.63, 3.8) is 0 Å². The van der Waals surface area contributed by atoms with Gasteiger partial charge in [-0.2, -0.15) is 0 Å². The molecule has 0 aromatic heterocycles. The van der Waals surface area contributed by atoms with Crippen molar-refractivity contribution in [1.82, 2.24) is 4.90 Å². The van der Waals surface area contributed by atoms with E-state index in [1.165, 1.54) is 64.5 Å². The van der Waals surface area contributed by atoms with Crippen LogP contribution in [0.15, 0.2) is 0 Å². The van der Waals surface area contributed by atoms with Gasteiger partial charge in [-0.3, -0.25) is 9.69 Å². The fourth-order valence-corrected chi connectivity index (χ4v) is 4.24. The Hall–Kier alpha value is -0.370. The number of nitrogens with zero attached hydrogens (tertiary/aromatic N) is 1. The fraction of sp³-hybridized carbons (Fsp3) is 0.933. The van der Waals surface area contributed by atoms with Gasteiger partial charge in [0.15, 0.2) is 0 Å². The van der Waals surface area contributed by atoms with E-state index >= 15 is 0 Å². The Morgan fingerprint density at radius 3 is 2.18 bits per heavy atom. The van der Waals surface area contributed by atoms with Gasteiger partial charge < -0.3 is 0 Å². The molecule has 2 aliphatic carbocycles. The van der Waals surface area contributed by atoms with Gasteiger partial charge in [-0.25, -0.2) is 0 Å². The van der Waals surface area contributed by atoms with Crippen LogP contribution in [0.4, 0.5) is 0 Å². The van der Waals surface area contributed by atoms with E-state index in [4.69, 9.17) is 0 Å². The van der Waals surface area contributed by atoms with Crippen molar-refractivity contribution in [2.24, 2.45) is 17.8 Å². The van der Waals surface area contributed by atoms with Crippen molar-refractivity contribution in [2.75, 3.05) is 19.6 Å². The summed E-state index contributed by atoms with van der Waals surface area (Å²) >= 11 is 0. The first-order valence-corrected chi connectivity index (χ1v) is 7.58. The summed E-state index contributed by atoms with van der Waals surface area (Å²) in [5.41, 5.74) is 0. The lowest BCUT2D eigenvalue weighted by molar-refractivity contribution is -0.124. The van der Waals surface area contributed by atoms with Crippen molar-refractivity contribution in [3.8, 4) is 0 Å². The van der Waals surface area contributed by atoms with E-state index in [0.29, 0.717) is 11.7 Å². The van der Waals surface area contributed by atoms with Crippen LogP contribution in [-0.2, 0) is 4.79 Å². The fourth-order valence-electron chi connectivity index (χ4n) is 4.24. The predicted octanol–water partition coefficient (Wildman–Crippen LogP) is 2.87. The van der Waals surface area contributed by atoms with E-state index in [1.54, 1.807) is 0 Å². The number of Topliss-reactive ketones (excluding diaryl/α,β-unsaturated/α-hetero) is 1.